The first-order chi connectivity index (χ1) is 24.2. The van der Waals surface area contributed by atoms with Gasteiger partial charge in [-0.2, -0.15) is 12.6 Å². The van der Waals surface area contributed by atoms with E-state index in [2.05, 4.69) is 40.0 Å². The van der Waals surface area contributed by atoms with E-state index >= 15 is 0 Å². The molecule has 0 spiro atoms. The van der Waals surface area contributed by atoms with Gasteiger partial charge in [0.05, 0.1) is 5.41 Å². The van der Waals surface area contributed by atoms with Crippen LogP contribution in [-0.4, -0.2) is 79.0 Å². The van der Waals surface area contributed by atoms with Crippen LogP contribution in [0.5, 0.6) is 0 Å². The summed E-state index contributed by atoms with van der Waals surface area (Å²) in [5, 5.41) is 13.4. The van der Waals surface area contributed by atoms with E-state index in [0.717, 1.165) is 21.9 Å². The second kappa shape index (κ2) is 19.1. The molecule has 4 rings (SSSR count). The van der Waals surface area contributed by atoms with Crippen LogP contribution in [-0.2, 0) is 36.8 Å². The predicted octanol–water partition coefficient (Wildman–Crippen LogP) is 3.97. The molecule has 4 N–H and O–H groups in total. The smallest absolute Gasteiger partial charge is 0.245 e. The number of carbonyl (C=O) groups excluding carboxylic acids is 5. The highest BCUT2D eigenvalue weighted by atomic mass is 32.1. The van der Waals surface area contributed by atoms with Crippen molar-refractivity contribution in [1.82, 2.24) is 26.2 Å². The third kappa shape index (κ3) is 10.8. The molecule has 1 aliphatic rings. The lowest BCUT2D eigenvalue weighted by molar-refractivity contribution is -0.144. The van der Waals surface area contributed by atoms with Crippen LogP contribution < -0.4 is 21.3 Å². The van der Waals surface area contributed by atoms with Crippen molar-refractivity contribution < 1.29 is 24.0 Å². The van der Waals surface area contributed by atoms with E-state index in [1.165, 1.54) is 7.05 Å². The van der Waals surface area contributed by atoms with Gasteiger partial charge in [0.15, 0.2) is 0 Å². The number of nitrogens with zero attached hydrogens (tertiary/aromatic N) is 1. The fraction of sp³-hybridized carbons (Fsp3) is 0.462. The Bertz CT molecular complexity index is 1620. The Morgan fingerprint density at radius 3 is 2.14 bits per heavy atom. The number of amides is 5. The van der Waals surface area contributed by atoms with Crippen molar-refractivity contribution in [3.8, 4) is 0 Å². The quantitative estimate of drug-likeness (QED) is 0.107. The highest BCUT2D eigenvalue weighted by Crippen LogP contribution is 2.35. The van der Waals surface area contributed by atoms with Gasteiger partial charge in [-0.3, -0.25) is 24.0 Å². The summed E-state index contributed by atoms with van der Waals surface area (Å²) in [6.07, 6.45) is 4.35. The maximum Gasteiger partial charge on any atom is 0.245 e. The van der Waals surface area contributed by atoms with Gasteiger partial charge >= 0.3 is 0 Å². The molecule has 268 valence electrons. The van der Waals surface area contributed by atoms with Crippen molar-refractivity contribution in [1.29, 1.82) is 0 Å². The highest BCUT2D eigenvalue weighted by Gasteiger charge is 2.44. The molecule has 1 aliphatic heterocycles. The van der Waals surface area contributed by atoms with Crippen molar-refractivity contribution in [3.63, 3.8) is 0 Å². The molecule has 0 saturated carbocycles. The summed E-state index contributed by atoms with van der Waals surface area (Å²) in [5.74, 6) is -0.828. The lowest BCUT2D eigenvalue weighted by atomic mass is 9.74. The average Bonchev–Trinajstić information content (AvgIpc) is 3.13. The second-order valence-corrected chi connectivity index (χ2v) is 13.5. The molecule has 50 heavy (non-hydrogen) atoms. The van der Waals surface area contributed by atoms with E-state index in [4.69, 9.17) is 0 Å². The van der Waals surface area contributed by atoms with Crippen molar-refractivity contribution in [2.75, 3.05) is 32.4 Å². The number of hydrogen-bond donors (Lipinski definition) is 5. The molecule has 0 aliphatic carbocycles. The molecular weight excluding hydrogens is 651 g/mol. The summed E-state index contributed by atoms with van der Waals surface area (Å²) in [4.78, 5) is 67.2. The highest BCUT2D eigenvalue weighted by molar-refractivity contribution is 7.80. The number of thiol groups is 1. The fourth-order valence-electron chi connectivity index (χ4n) is 6.74. The number of fused-ring (bicyclic) bond motifs is 1. The first kappa shape index (κ1) is 38.4. The lowest BCUT2D eigenvalue weighted by Crippen LogP contribution is -2.58. The van der Waals surface area contributed by atoms with Crippen LogP contribution in [0.4, 0.5) is 0 Å². The van der Waals surface area contributed by atoms with Crippen molar-refractivity contribution in [2.24, 2.45) is 5.41 Å². The van der Waals surface area contributed by atoms with Gasteiger partial charge in [-0.15, -0.1) is 0 Å². The van der Waals surface area contributed by atoms with Gasteiger partial charge in [0, 0.05) is 51.7 Å². The van der Waals surface area contributed by atoms with Gasteiger partial charge in [-0.25, -0.2) is 0 Å². The summed E-state index contributed by atoms with van der Waals surface area (Å²) in [6, 6.07) is 22.5. The lowest BCUT2D eigenvalue weighted by Gasteiger charge is -2.43. The van der Waals surface area contributed by atoms with Crippen LogP contribution in [0.2, 0.25) is 0 Å². The Kier molecular flexibility index (Phi) is 14.7. The summed E-state index contributed by atoms with van der Waals surface area (Å²) >= 11 is 4.13. The molecule has 0 aromatic heterocycles. The zero-order valence-corrected chi connectivity index (χ0v) is 30.1. The van der Waals surface area contributed by atoms with Gasteiger partial charge in [-0.05, 0) is 60.9 Å². The van der Waals surface area contributed by atoms with Gasteiger partial charge in [0.25, 0.3) is 0 Å². The number of carbonyl (C=O) groups is 5. The minimum atomic E-state index is -0.806. The van der Waals surface area contributed by atoms with E-state index in [0.29, 0.717) is 58.0 Å². The fourth-order valence-corrected chi connectivity index (χ4v) is 6.99. The number of likely N-dealkylation sites (N-methyl/N-ethyl adjacent to an activating group) is 1. The first-order valence-corrected chi connectivity index (χ1v) is 18.3. The second-order valence-electron chi connectivity index (χ2n) is 13.1. The number of piperidine rings is 1. The van der Waals surface area contributed by atoms with Crippen molar-refractivity contribution in [2.45, 2.75) is 76.8 Å². The van der Waals surface area contributed by atoms with E-state index in [1.807, 2.05) is 73.7 Å². The average molecular weight is 702 g/mol. The van der Waals surface area contributed by atoms with Crippen LogP contribution in [0, 0.1) is 5.41 Å². The Labute approximate surface area is 300 Å². The van der Waals surface area contributed by atoms with Crippen LogP contribution in [0.3, 0.4) is 0 Å². The number of rotatable bonds is 17. The van der Waals surface area contributed by atoms with E-state index in [9.17, 15) is 24.0 Å². The van der Waals surface area contributed by atoms with Crippen molar-refractivity contribution >= 4 is 52.9 Å². The third-order valence-electron chi connectivity index (χ3n) is 9.37. The number of likely N-dealkylation sites (tertiary alicyclic amines) is 1. The molecule has 2 unspecified atom stereocenters. The molecule has 1 heterocycles. The molecule has 0 radical (unpaired) electrons. The van der Waals surface area contributed by atoms with E-state index < -0.39 is 17.5 Å². The number of nitrogens with one attached hydrogen (secondary N) is 4. The number of unbranched alkanes of at least 4 members (excludes halogenated alkanes) is 2. The number of benzene rings is 3. The largest absolute Gasteiger partial charge is 0.357 e. The topological polar surface area (TPSA) is 137 Å². The van der Waals surface area contributed by atoms with Crippen molar-refractivity contribution in [3.05, 3.63) is 83.9 Å². The molecule has 1 fully saturated rings. The molecule has 10 nitrogen and oxygen atoms in total. The van der Waals surface area contributed by atoms with Crippen LogP contribution in [0.15, 0.2) is 72.8 Å². The standard InChI is InChI=1S/C39H51N5O5S/c1-3-41-38(49)39(25-28-13-6-4-7-14-28)21-12-22-44(27-39)37(48)32(24-29-19-20-30-15-10-11-16-31(30)23-29)42-34(45)17-8-5-9-18-35(46)43-33(26-50)36(47)40-2/h4,6-7,10-11,13-16,19-20,23,32-33,50H,3,5,8-9,12,17-18,21-22,24-27H2,1-2H3,(H,40,47)(H,41,49)(H,42,45)(H,43,46)/t32?,33?,39-/m0/s1. The Morgan fingerprint density at radius 2 is 1.48 bits per heavy atom. The number of hydrogen-bond acceptors (Lipinski definition) is 6. The Hall–Kier alpha value is -4.38. The van der Waals surface area contributed by atoms with Crippen LogP contribution in [0.25, 0.3) is 10.8 Å². The summed E-state index contributed by atoms with van der Waals surface area (Å²) in [5.41, 5.74) is 1.20. The van der Waals surface area contributed by atoms with Crippen LogP contribution >= 0.6 is 12.6 Å². The monoisotopic (exact) mass is 701 g/mol. The molecular formula is C39H51N5O5S. The molecule has 3 atom stereocenters. The van der Waals surface area contributed by atoms with Crippen LogP contribution in [0.1, 0.15) is 63.0 Å². The Morgan fingerprint density at radius 1 is 0.820 bits per heavy atom. The Balaban J connectivity index is 1.44. The predicted molar refractivity (Wildman–Crippen MR) is 200 cm³/mol. The van der Waals surface area contributed by atoms with Gasteiger partial charge < -0.3 is 26.2 Å². The molecule has 3 aromatic rings. The van der Waals surface area contributed by atoms with Gasteiger partial charge in [-0.1, -0.05) is 79.2 Å². The minimum absolute atomic E-state index is 0.0556. The first-order valence-electron chi connectivity index (χ1n) is 17.7. The summed E-state index contributed by atoms with van der Waals surface area (Å²) in [6.45, 7) is 3.18. The summed E-state index contributed by atoms with van der Waals surface area (Å²) < 4.78 is 0. The third-order valence-corrected chi connectivity index (χ3v) is 9.73. The molecule has 11 heteroatoms. The minimum Gasteiger partial charge on any atom is -0.357 e. The van der Waals surface area contributed by atoms with Gasteiger partial charge in [0.2, 0.25) is 29.5 Å². The zero-order chi connectivity index (χ0) is 35.9. The zero-order valence-electron chi connectivity index (χ0n) is 29.2. The summed E-state index contributed by atoms with van der Waals surface area (Å²) in [7, 11) is 1.51. The maximum atomic E-state index is 14.4. The molecule has 5 amide bonds. The molecule has 1 saturated heterocycles. The van der Waals surface area contributed by atoms with E-state index in [-0.39, 0.29) is 54.7 Å². The normalized spacial score (nSPS) is 17.0. The molecule has 0 bridgehead atoms. The SMILES string of the molecule is CCNC(=O)[C@]1(Cc2ccccc2)CCCN(C(=O)C(Cc2ccc3ccccc3c2)NC(=O)CCCCCC(=O)NC(CS)C(=O)NC)C1. The maximum absolute atomic E-state index is 14.4. The van der Waals surface area contributed by atoms with E-state index in [1.54, 1.807) is 4.90 Å². The molecule has 3 aromatic carbocycles. The van der Waals surface area contributed by atoms with Gasteiger partial charge in [0.1, 0.15) is 12.1 Å².